The number of hydrogen-bond acceptors (Lipinski definition) is 2. The lowest BCUT2D eigenvalue weighted by atomic mass is 10.4. The van der Waals surface area contributed by atoms with E-state index in [0.29, 0.717) is 0 Å². The summed E-state index contributed by atoms with van der Waals surface area (Å²) in [4.78, 5) is 0. The molecule has 0 radical (unpaired) electrons. The molecule has 2 aliphatic rings. The Morgan fingerprint density at radius 3 is 2.71 bits per heavy atom. The summed E-state index contributed by atoms with van der Waals surface area (Å²) in [6.07, 6.45) is 0. The maximum absolute atomic E-state index is 3.38. The van der Waals surface area contributed by atoms with E-state index < -0.39 is 0 Å². The molecule has 2 bridgehead atoms. The zero-order valence-corrected chi connectivity index (χ0v) is 5.77. The van der Waals surface area contributed by atoms with Crippen molar-refractivity contribution >= 4 is 38.0 Å². The second-order valence-electron chi connectivity index (χ2n) is 1.42. The Kier molecular flexibility index (Phi) is 0.579. The molecule has 0 fully saturated rings. The molecule has 7 heavy (non-hydrogen) atoms. The number of fused-ring (bicyclic) bond motifs is 1. The summed E-state index contributed by atoms with van der Waals surface area (Å²) in [7, 11) is 0. The van der Waals surface area contributed by atoms with Crippen LogP contribution in [0.1, 0.15) is 0 Å². The first-order valence-electron chi connectivity index (χ1n) is 1.92. The van der Waals surface area contributed by atoms with Gasteiger partial charge in [0.15, 0.2) is 0 Å². The van der Waals surface area contributed by atoms with E-state index in [1.54, 1.807) is 11.3 Å². The van der Waals surface area contributed by atoms with Crippen LogP contribution in [0.4, 0.5) is 10.7 Å². The maximum atomic E-state index is 3.38. The molecule has 1 N–H and O–H groups in total. The molecule has 0 atom stereocenters. The van der Waals surface area contributed by atoms with E-state index in [2.05, 4.69) is 26.6 Å². The quantitative estimate of drug-likeness (QED) is 0.650. The van der Waals surface area contributed by atoms with Crippen LogP contribution in [0.25, 0.3) is 0 Å². The number of nitrogens with one attached hydrogen (secondary N) is 1. The van der Waals surface area contributed by atoms with Gasteiger partial charge < -0.3 is 5.32 Å². The van der Waals surface area contributed by atoms with Crippen LogP contribution in [0.15, 0.2) is 9.85 Å². The molecule has 1 nitrogen and oxygen atoms in total. The van der Waals surface area contributed by atoms with Gasteiger partial charge in [-0.2, -0.15) is 0 Å². The van der Waals surface area contributed by atoms with Crippen molar-refractivity contribution in [2.45, 2.75) is 0 Å². The van der Waals surface area contributed by atoms with Crippen LogP contribution >= 0.6 is 27.3 Å². The summed E-state index contributed by atoms with van der Waals surface area (Å²) >= 11 is 5.12. The van der Waals surface area contributed by atoms with Gasteiger partial charge in [0.25, 0.3) is 0 Å². The lowest BCUT2D eigenvalue weighted by Gasteiger charge is -2.09. The van der Waals surface area contributed by atoms with Crippen LogP contribution in [0.2, 0.25) is 0 Å². The van der Waals surface area contributed by atoms with Crippen molar-refractivity contribution in [1.29, 1.82) is 0 Å². The SMILES string of the molecule is Brc1c2csc1N2. The molecular formula is C4H2BrNS. The Morgan fingerprint density at radius 1 is 1.71 bits per heavy atom. The largest absolute Gasteiger partial charge is 0.345 e. The molecule has 2 aliphatic heterocycles. The number of rotatable bonds is 0. The van der Waals surface area contributed by atoms with E-state index in [9.17, 15) is 0 Å². The summed E-state index contributed by atoms with van der Waals surface area (Å²) in [6.45, 7) is 0. The second-order valence-corrected chi connectivity index (χ2v) is 3.09. The smallest absolute Gasteiger partial charge is 0.109 e. The highest BCUT2D eigenvalue weighted by atomic mass is 79.9. The van der Waals surface area contributed by atoms with Gasteiger partial charge >= 0.3 is 0 Å². The molecule has 3 heterocycles. The molecule has 1 aromatic heterocycles. The van der Waals surface area contributed by atoms with Crippen LogP contribution < -0.4 is 5.32 Å². The third kappa shape index (κ3) is 0.329. The van der Waals surface area contributed by atoms with Crippen molar-refractivity contribution < 1.29 is 0 Å². The van der Waals surface area contributed by atoms with Crippen LogP contribution in [0, 0.1) is 0 Å². The maximum Gasteiger partial charge on any atom is 0.109 e. The third-order valence-electron chi connectivity index (χ3n) is 0.979. The van der Waals surface area contributed by atoms with Gasteiger partial charge in [-0.1, -0.05) is 0 Å². The lowest BCUT2D eigenvalue weighted by Crippen LogP contribution is -1.93. The average molecular weight is 176 g/mol. The highest BCUT2D eigenvalue weighted by molar-refractivity contribution is 9.10. The highest BCUT2D eigenvalue weighted by Gasteiger charge is 2.17. The van der Waals surface area contributed by atoms with Crippen LogP contribution in [-0.2, 0) is 0 Å². The second kappa shape index (κ2) is 1.03. The van der Waals surface area contributed by atoms with Gasteiger partial charge in [-0.25, -0.2) is 0 Å². The van der Waals surface area contributed by atoms with Crippen molar-refractivity contribution in [3.63, 3.8) is 0 Å². The Labute approximate surface area is 53.5 Å². The fraction of sp³-hybridized carbons (Fsp3) is 0. The van der Waals surface area contributed by atoms with Crippen molar-refractivity contribution in [3.05, 3.63) is 9.85 Å². The van der Waals surface area contributed by atoms with E-state index >= 15 is 0 Å². The zero-order valence-electron chi connectivity index (χ0n) is 3.36. The molecule has 1 aromatic rings. The van der Waals surface area contributed by atoms with Crippen molar-refractivity contribution in [2.24, 2.45) is 0 Å². The molecule has 36 valence electrons. The van der Waals surface area contributed by atoms with Crippen molar-refractivity contribution in [2.75, 3.05) is 5.32 Å². The van der Waals surface area contributed by atoms with Gasteiger partial charge in [0.05, 0.1) is 10.2 Å². The molecule has 0 spiro atoms. The van der Waals surface area contributed by atoms with Crippen molar-refractivity contribution in [1.82, 2.24) is 0 Å². The monoisotopic (exact) mass is 175 g/mol. The third-order valence-corrected chi connectivity index (χ3v) is 2.96. The first kappa shape index (κ1) is 3.92. The normalized spacial score (nSPS) is 12.7. The first-order valence-corrected chi connectivity index (χ1v) is 3.59. The van der Waals surface area contributed by atoms with Gasteiger partial charge in [0.1, 0.15) is 5.00 Å². The van der Waals surface area contributed by atoms with E-state index in [4.69, 9.17) is 0 Å². The van der Waals surface area contributed by atoms with Gasteiger partial charge in [-0.05, 0) is 15.9 Å². The Bertz CT molecular complexity index is 186. The van der Waals surface area contributed by atoms with E-state index in [1.807, 2.05) is 0 Å². The topological polar surface area (TPSA) is 12.0 Å². The molecular weight excluding hydrogens is 174 g/mol. The van der Waals surface area contributed by atoms with Gasteiger partial charge in [-0.3, -0.25) is 0 Å². The van der Waals surface area contributed by atoms with Gasteiger partial charge in [0, 0.05) is 5.38 Å². The van der Waals surface area contributed by atoms with Crippen LogP contribution in [0.3, 0.4) is 0 Å². The summed E-state index contributed by atoms with van der Waals surface area (Å²) in [5.74, 6) is 0. The standard InChI is InChI=1S/C4H2BrNS/c5-3-2-1-7-4(3)6-2/h1,6H. The van der Waals surface area contributed by atoms with E-state index in [0.717, 1.165) is 0 Å². The fourth-order valence-electron chi connectivity index (χ4n) is 0.572. The fourth-order valence-corrected chi connectivity index (χ4v) is 2.11. The Morgan fingerprint density at radius 2 is 2.57 bits per heavy atom. The number of thiophene rings is 1. The Hall–Kier alpha value is -0.0200. The number of hydrogen-bond donors (Lipinski definition) is 1. The molecule has 0 saturated heterocycles. The summed E-state index contributed by atoms with van der Waals surface area (Å²) < 4.78 is 1.25. The number of halogens is 1. The summed E-state index contributed by atoms with van der Waals surface area (Å²) in [6, 6.07) is 0. The van der Waals surface area contributed by atoms with Gasteiger partial charge in [-0.15, -0.1) is 11.3 Å². The predicted molar refractivity (Wildman–Crippen MR) is 35.3 cm³/mol. The average Bonchev–Trinajstić information content (AvgIpc) is 2.18. The minimum Gasteiger partial charge on any atom is -0.345 e. The highest BCUT2D eigenvalue weighted by Crippen LogP contribution is 2.47. The van der Waals surface area contributed by atoms with Crippen LogP contribution in [-0.4, -0.2) is 0 Å². The molecule has 0 unspecified atom stereocenters. The van der Waals surface area contributed by atoms with Crippen molar-refractivity contribution in [3.8, 4) is 0 Å². The molecule has 0 aliphatic carbocycles. The summed E-state index contributed by atoms with van der Waals surface area (Å²) in [5, 5.41) is 6.48. The van der Waals surface area contributed by atoms with E-state index in [1.165, 1.54) is 15.2 Å². The Balaban J connectivity index is 2.83. The minimum absolute atomic E-state index is 1.24. The molecule has 0 saturated carbocycles. The van der Waals surface area contributed by atoms with E-state index in [-0.39, 0.29) is 0 Å². The molecule has 0 amide bonds. The van der Waals surface area contributed by atoms with Crippen LogP contribution in [0.5, 0.6) is 0 Å². The number of anilines is 2. The van der Waals surface area contributed by atoms with Gasteiger partial charge in [0.2, 0.25) is 0 Å². The molecule has 3 heteroatoms. The predicted octanol–water partition coefficient (Wildman–Crippen LogP) is 2.57. The molecule has 0 aromatic carbocycles. The summed E-state index contributed by atoms with van der Waals surface area (Å²) in [5.41, 5.74) is 1.24. The first-order chi connectivity index (χ1) is 3.38. The lowest BCUT2D eigenvalue weighted by molar-refractivity contribution is 1.56. The molecule has 3 rings (SSSR count). The zero-order chi connectivity index (χ0) is 4.85. The minimum atomic E-state index is 1.24.